The van der Waals surface area contributed by atoms with Gasteiger partial charge in [-0.3, -0.25) is 0 Å². The van der Waals surface area contributed by atoms with E-state index in [0.29, 0.717) is 5.88 Å². The summed E-state index contributed by atoms with van der Waals surface area (Å²) in [4.78, 5) is 2.83. The summed E-state index contributed by atoms with van der Waals surface area (Å²) in [7, 11) is 0. The maximum absolute atomic E-state index is 5.70. The van der Waals surface area contributed by atoms with E-state index in [0.717, 1.165) is 28.6 Å². The molecule has 0 unspecified atom stereocenters. The maximum atomic E-state index is 5.70. The van der Waals surface area contributed by atoms with Crippen molar-refractivity contribution >= 4 is 46.0 Å². The fourth-order valence-electron chi connectivity index (χ4n) is 1.92. The predicted molar refractivity (Wildman–Crippen MR) is 82.1 cm³/mol. The molecule has 0 atom stereocenters. The molecule has 2 aromatic rings. The van der Waals surface area contributed by atoms with Crippen molar-refractivity contribution < 1.29 is 0 Å². The van der Waals surface area contributed by atoms with Crippen LogP contribution in [0.2, 0.25) is 0 Å². The number of rotatable bonds is 4. The van der Waals surface area contributed by atoms with E-state index in [1.807, 2.05) is 23.1 Å². The molecular formula is C12H13ClN2S3. The normalized spacial score (nSPS) is 14.7. The van der Waals surface area contributed by atoms with Crippen LogP contribution in [0.4, 0.5) is 0 Å². The standard InChI is InChI=1S/C12H13ClN2S3/c13-4-1-2-11-14-15-12(18-11)10-6-8-7-16-5-3-9(8)17-10/h6H,1-5,7H2. The zero-order chi connectivity index (χ0) is 12.4. The Balaban J connectivity index is 1.81. The van der Waals surface area contributed by atoms with Crippen LogP contribution < -0.4 is 0 Å². The average Bonchev–Trinajstić information content (AvgIpc) is 3.02. The minimum Gasteiger partial charge on any atom is -0.157 e. The predicted octanol–water partition coefficient (Wildman–Crippen LogP) is 4.23. The number of aromatic nitrogens is 2. The highest BCUT2D eigenvalue weighted by atomic mass is 35.5. The maximum Gasteiger partial charge on any atom is 0.157 e. The quantitative estimate of drug-likeness (QED) is 0.790. The molecule has 0 aliphatic carbocycles. The van der Waals surface area contributed by atoms with Crippen molar-refractivity contribution in [3.63, 3.8) is 0 Å². The van der Waals surface area contributed by atoms with Crippen LogP contribution >= 0.6 is 46.0 Å². The summed E-state index contributed by atoms with van der Waals surface area (Å²) in [5.41, 5.74) is 1.50. The number of fused-ring (bicyclic) bond motifs is 1. The fourth-order valence-corrected chi connectivity index (χ4v) is 5.35. The van der Waals surface area contributed by atoms with Gasteiger partial charge < -0.3 is 0 Å². The van der Waals surface area contributed by atoms with Gasteiger partial charge in [-0.2, -0.15) is 11.8 Å². The molecule has 6 heteroatoms. The summed E-state index contributed by atoms with van der Waals surface area (Å²) in [6, 6.07) is 2.30. The molecule has 18 heavy (non-hydrogen) atoms. The number of hydrogen-bond donors (Lipinski definition) is 0. The highest BCUT2D eigenvalue weighted by Gasteiger charge is 2.16. The Morgan fingerprint density at radius 1 is 1.28 bits per heavy atom. The third-order valence-electron chi connectivity index (χ3n) is 2.83. The minimum absolute atomic E-state index is 0.694. The molecule has 3 heterocycles. The van der Waals surface area contributed by atoms with Gasteiger partial charge in [0.25, 0.3) is 0 Å². The molecular weight excluding hydrogens is 304 g/mol. The van der Waals surface area contributed by atoms with Gasteiger partial charge >= 0.3 is 0 Å². The number of aryl methyl sites for hydroxylation is 2. The number of halogens is 1. The Kier molecular flexibility index (Phi) is 4.23. The van der Waals surface area contributed by atoms with Gasteiger partial charge in [-0.25, -0.2) is 0 Å². The highest BCUT2D eigenvalue weighted by molar-refractivity contribution is 7.98. The Morgan fingerprint density at radius 2 is 2.22 bits per heavy atom. The second-order valence-corrected chi connectivity index (χ2v) is 7.84. The van der Waals surface area contributed by atoms with Crippen LogP contribution in [0, 0.1) is 0 Å². The molecule has 1 aliphatic heterocycles. The van der Waals surface area contributed by atoms with Gasteiger partial charge in [-0.1, -0.05) is 11.3 Å². The van der Waals surface area contributed by atoms with Gasteiger partial charge in [-0.05, 0) is 30.2 Å². The summed E-state index contributed by atoms with van der Waals surface area (Å²) < 4.78 is 0. The van der Waals surface area contributed by atoms with Gasteiger partial charge in [-0.15, -0.1) is 33.1 Å². The lowest BCUT2D eigenvalue weighted by Crippen LogP contribution is -1.96. The van der Waals surface area contributed by atoms with Crippen LogP contribution in [-0.4, -0.2) is 21.8 Å². The van der Waals surface area contributed by atoms with E-state index in [1.165, 1.54) is 22.6 Å². The average molecular weight is 317 g/mol. The summed E-state index contributed by atoms with van der Waals surface area (Å²) in [6.45, 7) is 0. The molecule has 2 aromatic heterocycles. The first kappa shape index (κ1) is 12.9. The zero-order valence-corrected chi connectivity index (χ0v) is 13.0. The molecule has 0 spiro atoms. The van der Waals surface area contributed by atoms with Gasteiger partial charge in [0, 0.05) is 22.9 Å². The van der Waals surface area contributed by atoms with Crippen molar-refractivity contribution in [3.05, 3.63) is 21.5 Å². The van der Waals surface area contributed by atoms with Crippen LogP contribution in [-0.2, 0) is 18.6 Å². The lowest BCUT2D eigenvalue weighted by molar-refractivity contribution is 0.884. The number of hydrogen-bond acceptors (Lipinski definition) is 5. The third kappa shape index (κ3) is 2.74. The molecule has 1 aliphatic rings. The largest absolute Gasteiger partial charge is 0.157 e. The number of thiophene rings is 1. The molecule has 0 aromatic carbocycles. The number of thioether (sulfide) groups is 1. The zero-order valence-electron chi connectivity index (χ0n) is 9.82. The summed E-state index contributed by atoms with van der Waals surface area (Å²) in [5.74, 6) is 3.10. The second kappa shape index (κ2) is 5.90. The van der Waals surface area contributed by atoms with Crippen molar-refractivity contribution in [2.75, 3.05) is 11.6 Å². The lowest BCUT2D eigenvalue weighted by atomic mass is 10.2. The van der Waals surface area contributed by atoms with Crippen LogP contribution in [0.15, 0.2) is 6.07 Å². The Bertz CT molecular complexity index is 512. The molecule has 0 saturated carbocycles. The van der Waals surface area contributed by atoms with E-state index in [2.05, 4.69) is 16.3 Å². The number of alkyl halides is 1. The van der Waals surface area contributed by atoms with E-state index in [4.69, 9.17) is 11.6 Å². The minimum atomic E-state index is 0.694. The summed E-state index contributed by atoms with van der Waals surface area (Å²) in [6.07, 6.45) is 3.14. The molecule has 0 fully saturated rings. The van der Waals surface area contributed by atoms with E-state index in [1.54, 1.807) is 16.2 Å². The van der Waals surface area contributed by atoms with Crippen LogP contribution in [0.1, 0.15) is 21.9 Å². The molecule has 96 valence electrons. The van der Waals surface area contributed by atoms with Crippen molar-refractivity contribution in [1.82, 2.24) is 10.2 Å². The Hall–Kier alpha value is -0.100. The van der Waals surface area contributed by atoms with Crippen molar-refractivity contribution in [2.24, 2.45) is 0 Å². The van der Waals surface area contributed by atoms with Crippen LogP contribution in [0.5, 0.6) is 0 Å². The molecule has 0 saturated heterocycles. The molecule has 0 N–H and O–H groups in total. The first-order chi connectivity index (χ1) is 8.86. The van der Waals surface area contributed by atoms with E-state index >= 15 is 0 Å². The number of nitrogens with zero attached hydrogens (tertiary/aromatic N) is 2. The van der Waals surface area contributed by atoms with Gasteiger partial charge in [0.15, 0.2) is 5.01 Å². The van der Waals surface area contributed by atoms with Crippen molar-refractivity contribution in [1.29, 1.82) is 0 Å². The first-order valence-corrected chi connectivity index (χ1v) is 9.27. The summed E-state index contributed by atoms with van der Waals surface area (Å²) >= 11 is 11.3. The lowest BCUT2D eigenvalue weighted by Gasteiger charge is -2.08. The third-order valence-corrected chi connectivity index (χ3v) is 6.49. The second-order valence-electron chi connectivity index (χ2n) is 4.16. The first-order valence-electron chi connectivity index (χ1n) is 5.95. The van der Waals surface area contributed by atoms with Crippen molar-refractivity contribution in [3.8, 4) is 9.88 Å². The Morgan fingerprint density at radius 3 is 3.06 bits per heavy atom. The molecule has 2 nitrogen and oxygen atoms in total. The van der Waals surface area contributed by atoms with Crippen LogP contribution in [0.3, 0.4) is 0 Å². The van der Waals surface area contributed by atoms with Crippen LogP contribution in [0.25, 0.3) is 9.88 Å². The summed E-state index contributed by atoms with van der Waals surface area (Å²) in [5, 5.41) is 10.7. The monoisotopic (exact) mass is 316 g/mol. The topological polar surface area (TPSA) is 25.8 Å². The van der Waals surface area contributed by atoms with E-state index < -0.39 is 0 Å². The van der Waals surface area contributed by atoms with Gasteiger partial charge in [0.2, 0.25) is 0 Å². The van der Waals surface area contributed by atoms with Gasteiger partial charge in [0.05, 0.1) is 4.88 Å². The van der Waals surface area contributed by atoms with Crippen molar-refractivity contribution in [2.45, 2.75) is 25.0 Å². The molecule has 0 amide bonds. The van der Waals surface area contributed by atoms with Gasteiger partial charge in [0.1, 0.15) is 5.01 Å². The molecule has 0 radical (unpaired) electrons. The molecule has 0 bridgehead atoms. The fraction of sp³-hybridized carbons (Fsp3) is 0.500. The smallest absolute Gasteiger partial charge is 0.157 e. The molecule has 3 rings (SSSR count). The highest BCUT2D eigenvalue weighted by Crippen LogP contribution is 2.37. The SMILES string of the molecule is ClCCCc1nnc(-c2cc3c(s2)CCSC3)s1. The Labute approximate surface area is 124 Å². The van der Waals surface area contributed by atoms with E-state index in [9.17, 15) is 0 Å². The van der Waals surface area contributed by atoms with E-state index in [-0.39, 0.29) is 0 Å².